The molecule has 1 aromatic carbocycles. The third-order valence-corrected chi connectivity index (χ3v) is 1.97. The van der Waals surface area contributed by atoms with E-state index in [4.69, 9.17) is 5.73 Å². The maximum Gasteiger partial charge on any atom is 0.146 e. The number of nitrogens with two attached hydrogens (primary N) is 1. The van der Waals surface area contributed by atoms with Gasteiger partial charge in [0.15, 0.2) is 0 Å². The summed E-state index contributed by atoms with van der Waals surface area (Å²) in [5.41, 5.74) is 5.27. The maximum absolute atomic E-state index is 13.2. The molecule has 0 atom stereocenters. The van der Waals surface area contributed by atoms with Crippen LogP contribution in [0.5, 0.6) is 0 Å². The minimum Gasteiger partial charge on any atom is -0.396 e. The second-order valence-corrected chi connectivity index (χ2v) is 3.19. The van der Waals surface area contributed by atoms with Gasteiger partial charge in [0.05, 0.1) is 5.69 Å². The van der Waals surface area contributed by atoms with Crippen LogP contribution in [-0.4, -0.2) is 13.6 Å². The molecule has 0 fully saturated rings. The molecule has 15 heavy (non-hydrogen) atoms. The van der Waals surface area contributed by atoms with Gasteiger partial charge in [-0.3, -0.25) is 0 Å². The molecule has 0 unspecified atom stereocenters. The number of nitrogen functional groups attached to an aromatic ring is 1. The molecule has 0 saturated carbocycles. The van der Waals surface area contributed by atoms with Crippen molar-refractivity contribution in [2.45, 2.75) is 6.42 Å². The summed E-state index contributed by atoms with van der Waals surface area (Å²) in [5.74, 6) is -1.10. The van der Waals surface area contributed by atoms with Gasteiger partial charge < -0.3 is 11.1 Å². The highest BCUT2D eigenvalue weighted by Crippen LogP contribution is 2.17. The van der Waals surface area contributed by atoms with Crippen LogP contribution >= 0.6 is 0 Å². The molecule has 2 nitrogen and oxygen atoms in total. The lowest BCUT2D eigenvalue weighted by Gasteiger charge is -2.00. The van der Waals surface area contributed by atoms with Crippen molar-refractivity contribution in [3.63, 3.8) is 0 Å². The fraction of sp³-hybridized carbons (Fsp3) is 0.273. The smallest absolute Gasteiger partial charge is 0.146 e. The molecule has 1 rings (SSSR count). The van der Waals surface area contributed by atoms with Crippen LogP contribution in [0.25, 0.3) is 6.08 Å². The van der Waals surface area contributed by atoms with E-state index in [1.165, 1.54) is 0 Å². The number of hydrogen-bond acceptors (Lipinski definition) is 2. The van der Waals surface area contributed by atoms with E-state index in [2.05, 4.69) is 5.32 Å². The van der Waals surface area contributed by atoms with Gasteiger partial charge in [-0.2, -0.15) is 0 Å². The van der Waals surface area contributed by atoms with Gasteiger partial charge in [-0.1, -0.05) is 12.2 Å². The quantitative estimate of drug-likeness (QED) is 0.593. The molecule has 0 bridgehead atoms. The Morgan fingerprint density at radius 3 is 2.73 bits per heavy atom. The number of hydrogen-bond donors (Lipinski definition) is 2. The van der Waals surface area contributed by atoms with E-state index in [1.54, 1.807) is 12.2 Å². The van der Waals surface area contributed by atoms with Crippen molar-refractivity contribution in [1.29, 1.82) is 0 Å². The Bertz CT molecular complexity index is 362. The minimum atomic E-state index is -0.593. The van der Waals surface area contributed by atoms with Gasteiger partial charge in [-0.25, -0.2) is 8.78 Å². The van der Waals surface area contributed by atoms with Crippen molar-refractivity contribution in [2.24, 2.45) is 0 Å². The van der Waals surface area contributed by atoms with Gasteiger partial charge in [0.25, 0.3) is 0 Å². The molecule has 0 heterocycles. The topological polar surface area (TPSA) is 38.0 Å². The van der Waals surface area contributed by atoms with E-state index in [9.17, 15) is 8.78 Å². The third kappa shape index (κ3) is 3.32. The average molecular weight is 212 g/mol. The van der Waals surface area contributed by atoms with Crippen LogP contribution in [0.1, 0.15) is 12.0 Å². The van der Waals surface area contributed by atoms with Gasteiger partial charge in [-0.15, -0.1) is 0 Å². The van der Waals surface area contributed by atoms with Gasteiger partial charge in [-0.05, 0) is 26.1 Å². The Morgan fingerprint density at radius 1 is 1.33 bits per heavy atom. The predicted molar refractivity (Wildman–Crippen MR) is 58.3 cm³/mol. The monoisotopic (exact) mass is 212 g/mol. The third-order valence-electron chi connectivity index (χ3n) is 1.97. The predicted octanol–water partition coefficient (Wildman–Crippen LogP) is 2.17. The summed E-state index contributed by atoms with van der Waals surface area (Å²) in [4.78, 5) is 0. The Morgan fingerprint density at radius 2 is 2.07 bits per heavy atom. The lowest BCUT2D eigenvalue weighted by Crippen LogP contribution is -2.05. The van der Waals surface area contributed by atoms with Crippen LogP contribution in [0.4, 0.5) is 14.5 Å². The Kier molecular flexibility index (Phi) is 4.24. The van der Waals surface area contributed by atoms with Crippen molar-refractivity contribution in [2.75, 3.05) is 19.3 Å². The molecule has 0 aliphatic rings. The van der Waals surface area contributed by atoms with Crippen molar-refractivity contribution < 1.29 is 8.78 Å². The highest BCUT2D eigenvalue weighted by molar-refractivity contribution is 5.55. The molecule has 1 aromatic rings. The molecular formula is C11H14F2N2. The summed E-state index contributed by atoms with van der Waals surface area (Å²) >= 11 is 0. The van der Waals surface area contributed by atoms with E-state index in [-0.39, 0.29) is 11.3 Å². The van der Waals surface area contributed by atoms with Gasteiger partial charge in [0.1, 0.15) is 11.6 Å². The van der Waals surface area contributed by atoms with Crippen molar-refractivity contribution in [3.05, 3.63) is 35.4 Å². The maximum atomic E-state index is 13.2. The lowest BCUT2D eigenvalue weighted by atomic mass is 10.1. The average Bonchev–Trinajstić information content (AvgIpc) is 2.20. The number of rotatable bonds is 4. The number of nitrogens with one attached hydrogen (secondary N) is 1. The molecule has 4 heteroatoms. The molecule has 0 aliphatic heterocycles. The summed E-state index contributed by atoms with van der Waals surface area (Å²) < 4.78 is 26.2. The van der Waals surface area contributed by atoms with Crippen LogP contribution in [0, 0.1) is 11.6 Å². The summed E-state index contributed by atoms with van der Waals surface area (Å²) in [6.45, 7) is 0.801. The van der Waals surface area contributed by atoms with Crippen LogP contribution < -0.4 is 11.1 Å². The molecule has 0 amide bonds. The highest BCUT2D eigenvalue weighted by atomic mass is 19.1. The summed E-state index contributed by atoms with van der Waals surface area (Å²) in [5, 5.41) is 2.95. The second kappa shape index (κ2) is 5.46. The molecule has 0 aliphatic carbocycles. The lowest BCUT2D eigenvalue weighted by molar-refractivity contribution is 0.602. The Balaban J connectivity index is 2.77. The molecule has 0 spiro atoms. The van der Waals surface area contributed by atoms with Gasteiger partial charge >= 0.3 is 0 Å². The van der Waals surface area contributed by atoms with Crippen LogP contribution in [-0.2, 0) is 0 Å². The van der Waals surface area contributed by atoms with E-state index in [0.29, 0.717) is 0 Å². The number of benzene rings is 1. The molecule has 0 radical (unpaired) electrons. The van der Waals surface area contributed by atoms with Crippen molar-refractivity contribution in [3.8, 4) is 0 Å². The standard InChI is InChI=1S/C11H14F2N2/c1-15-5-3-2-4-8-6-10(13)11(14)7-9(8)12/h2,4,6-7,15H,3,5,14H2,1H3. The van der Waals surface area contributed by atoms with Gasteiger partial charge in [0.2, 0.25) is 0 Å². The van der Waals surface area contributed by atoms with Crippen molar-refractivity contribution >= 4 is 11.8 Å². The first-order valence-corrected chi connectivity index (χ1v) is 4.71. The number of anilines is 1. The Labute approximate surface area is 87.8 Å². The number of halogens is 2. The first-order chi connectivity index (χ1) is 7.15. The zero-order valence-electron chi connectivity index (χ0n) is 8.56. The minimum absolute atomic E-state index is 0.167. The SMILES string of the molecule is CNCCC=Cc1cc(F)c(N)cc1F. The Hall–Kier alpha value is -1.42. The normalized spacial score (nSPS) is 11.1. The summed E-state index contributed by atoms with van der Waals surface area (Å²) in [6.07, 6.45) is 4.10. The van der Waals surface area contributed by atoms with E-state index < -0.39 is 11.6 Å². The highest BCUT2D eigenvalue weighted by Gasteiger charge is 2.04. The first-order valence-electron chi connectivity index (χ1n) is 4.71. The van der Waals surface area contributed by atoms with Crippen molar-refractivity contribution in [1.82, 2.24) is 5.32 Å². The van der Waals surface area contributed by atoms with Gasteiger partial charge in [0, 0.05) is 11.6 Å². The second-order valence-electron chi connectivity index (χ2n) is 3.19. The summed E-state index contributed by atoms with van der Waals surface area (Å²) in [7, 11) is 1.83. The molecule has 82 valence electrons. The fourth-order valence-corrected chi connectivity index (χ4v) is 1.14. The summed E-state index contributed by atoms with van der Waals surface area (Å²) in [6, 6.07) is 2.09. The van der Waals surface area contributed by atoms with E-state index >= 15 is 0 Å². The van der Waals surface area contributed by atoms with Crippen LogP contribution in [0.2, 0.25) is 0 Å². The molecule has 0 aromatic heterocycles. The van der Waals surface area contributed by atoms with E-state index in [0.717, 1.165) is 25.1 Å². The molecule has 0 saturated heterocycles. The van der Waals surface area contributed by atoms with Crippen LogP contribution in [0.3, 0.4) is 0 Å². The van der Waals surface area contributed by atoms with E-state index in [1.807, 2.05) is 7.05 Å². The molecule has 3 N–H and O–H groups in total. The molecular weight excluding hydrogens is 198 g/mol. The fourth-order valence-electron chi connectivity index (χ4n) is 1.14. The zero-order valence-corrected chi connectivity index (χ0v) is 8.56. The zero-order chi connectivity index (χ0) is 11.3. The van der Waals surface area contributed by atoms with Crippen LogP contribution in [0.15, 0.2) is 18.2 Å². The largest absolute Gasteiger partial charge is 0.396 e. The first kappa shape index (κ1) is 11.7.